The average Bonchev–Trinajstić information content (AvgIpc) is 2.98. The molecule has 1 saturated heterocycles. The van der Waals surface area contributed by atoms with Crippen LogP contribution in [0.4, 0.5) is 4.79 Å². The van der Waals surface area contributed by atoms with E-state index in [-0.39, 0.29) is 46.6 Å². The monoisotopic (exact) mass is 491 g/mol. The van der Waals surface area contributed by atoms with Crippen molar-refractivity contribution < 1.29 is 24.5 Å². The standard InChI is InChI=1S/C29H49NO5/c1-16-14-17(15-34-25(33)30-7)35-23-22(16)28(5)13-12-27(4)19-9-11-21(31)26(2,3)18(19)8-10-20(27)29(28,6)24(23)32/h16-24,31-32H,8-15H2,1-7H3,(H,30,33)/t16-,17-,18-,19?,20-,21+,22?,23+,24+,27+,28-,29-/m1/s1. The number of aliphatic hydroxyl groups is 2. The first-order valence-corrected chi connectivity index (χ1v) is 14.2. The third-order valence-electron chi connectivity index (χ3n) is 12.8. The zero-order valence-corrected chi connectivity index (χ0v) is 23.0. The molecule has 200 valence electrons. The summed E-state index contributed by atoms with van der Waals surface area (Å²) in [6, 6.07) is 0. The predicted octanol–water partition coefficient (Wildman–Crippen LogP) is 4.76. The molecule has 12 atom stereocenters. The van der Waals surface area contributed by atoms with Crippen LogP contribution in [-0.2, 0) is 9.47 Å². The molecule has 1 aliphatic heterocycles. The Labute approximate surface area is 211 Å². The number of carbonyl (C=O) groups is 1. The average molecular weight is 492 g/mol. The second kappa shape index (κ2) is 8.33. The Kier molecular flexibility index (Phi) is 6.13. The van der Waals surface area contributed by atoms with Crippen molar-refractivity contribution in [1.82, 2.24) is 5.32 Å². The second-order valence-electron chi connectivity index (χ2n) is 14.2. The van der Waals surface area contributed by atoms with Gasteiger partial charge in [0.1, 0.15) is 6.61 Å². The molecule has 4 aliphatic carbocycles. The minimum Gasteiger partial charge on any atom is -0.447 e. The minimum absolute atomic E-state index is 0.0177. The Bertz CT molecular complexity index is 847. The first kappa shape index (κ1) is 25.8. The number of nitrogens with one attached hydrogen (secondary N) is 1. The van der Waals surface area contributed by atoms with Crippen molar-refractivity contribution in [3.05, 3.63) is 0 Å². The number of hydrogen-bond acceptors (Lipinski definition) is 5. The van der Waals surface area contributed by atoms with Crippen LogP contribution >= 0.6 is 0 Å². The summed E-state index contributed by atoms with van der Waals surface area (Å²) < 4.78 is 11.9. The lowest BCUT2D eigenvalue weighted by atomic mass is 9.37. The minimum atomic E-state index is -0.522. The van der Waals surface area contributed by atoms with Crippen molar-refractivity contribution in [3.63, 3.8) is 0 Å². The summed E-state index contributed by atoms with van der Waals surface area (Å²) in [5.74, 6) is 2.30. The van der Waals surface area contributed by atoms with Crippen LogP contribution in [0.15, 0.2) is 0 Å². The summed E-state index contributed by atoms with van der Waals surface area (Å²) in [5.41, 5.74) is -0.0698. The number of fused-ring (bicyclic) bond motifs is 7. The van der Waals surface area contributed by atoms with Crippen LogP contribution in [-0.4, -0.2) is 54.4 Å². The molecule has 0 aromatic carbocycles. The highest BCUT2D eigenvalue weighted by molar-refractivity contribution is 5.66. The van der Waals surface area contributed by atoms with Gasteiger partial charge >= 0.3 is 6.09 Å². The maximum Gasteiger partial charge on any atom is 0.406 e. The third-order valence-corrected chi connectivity index (χ3v) is 12.8. The molecule has 0 radical (unpaired) electrons. The summed E-state index contributed by atoms with van der Waals surface area (Å²) in [6.07, 6.45) is 5.88. The van der Waals surface area contributed by atoms with E-state index in [1.54, 1.807) is 7.05 Å². The van der Waals surface area contributed by atoms with Crippen LogP contribution in [0.25, 0.3) is 0 Å². The number of rotatable bonds is 2. The van der Waals surface area contributed by atoms with Gasteiger partial charge in [0.05, 0.1) is 24.4 Å². The van der Waals surface area contributed by atoms with E-state index in [2.05, 4.69) is 46.9 Å². The fourth-order valence-electron chi connectivity index (χ4n) is 10.8. The quantitative estimate of drug-likeness (QED) is 0.518. The van der Waals surface area contributed by atoms with Gasteiger partial charge in [0, 0.05) is 12.5 Å². The topological polar surface area (TPSA) is 88.0 Å². The largest absolute Gasteiger partial charge is 0.447 e. The fraction of sp³-hybridized carbons (Fsp3) is 0.966. The zero-order valence-electron chi connectivity index (χ0n) is 23.0. The van der Waals surface area contributed by atoms with Gasteiger partial charge in [0.2, 0.25) is 0 Å². The molecular formula is C29H49NO5. The number of aliphatic hydroxyl groups excluding tert-OH is 2. The highest BCUT2D eigenvalue weighted by atomic mass is 16.6. The molecule has 6 nitrogen and oxygen atoms in total. The van der Waals surface area contributed by atoms with Crippen LogP contribution < -0.4 is 5.32 Å². The number of carbonyl (C=O) groups excluding carboxylic acids is 1. The van der Waals surface area contributed by atoms with E-state index in [1.807, 2.05) is 0 Å². The molecule has 1 heterocycles. The number of ether oxygens (including phenoxy) is 2. The number of hydrogen-bond donors (Lipinski definition) is 3. The zero-order chi connectivity index (χ0) is 25.6. The molecule has 5 aliphatic rings. The van der Waals surface area contributed by atoms with Crippen molar-refractivity contribution in [3.8, 4) is 0 Å². The molecule has 6 heteroatoms. The molecule has 0 aromatic rings. The summed E-state index contributed by atoms with van der Waals surface area (Å²) in [6.45, 7) is 14.5. The maximum absolute atomic E-state index is 12.1. The Hall–Kier alpha value is -0.850. The van der Waals surface area contributed by atoms with Crippen molar-refractivity contribution in [2.45, 2.75) is 111 Å². The molecule has 0 bridgehead atoms. The molecule has 2 unspecified atom stereocenters. The molecule has 3 N–H and O–H groups in total. The van der Waals surface area contributed by atoms with Gasteiger partial charge in [-0.05, 0) is 90.8 Å². The SMILES string of the molecule is CNC(=O)OC[C@H]1C[C@@H](C)C2[C@H](O1)[C@H](O)[C@@]1(C)[C@@H]3CC[C@@H]4C(CC[C@H](O)C4(C)C)[C@]3(C)CC[C@]21C. The Morgan fingerprint density at radius 2 is 1.71 bits per heavy atom. The Balaban J connectivity index is 1.45. The van der Waals surface area contributed by atoms with Gasteiger partial charge < -0.3 is 25.0 Å². The van der Waals surface area contributed by atoms with Crippen LogP contribution in [0, 0.1) is 51.2 Å². The van der Waals surface area contributed by atoms with E-state index < -0.39 is 12.2 Å². The molecular weight excluding hydrogens is 442 g/mol. The first-order chi connectivity index (χ1) is 16.3. The predicted molar refractivity (Wildman–Crippen MR) is 135 cm³/mol. The van der Waals surface area contributed by atoms with Gasteiger partial charge in [-0.25, -0.2) is 4.79 Å². The van der Waals surface area contributed by atoms with Gasteiger partial charge in [0.25, 0.3) is 0 Å². The van der Waals surface area contributed by atoms with Gasteiger partial charge in [-0.2, -0.15) is 0 Å². The highest BCUT2D eigenvalue weighted by Crippen LogP contribution is 2.76. The maximum atomic E-state index is 12.1. The lowest BCUT2D eigenvalue weighted by molar-refractivity contribution is -0.220. The Morgan fingerprint density at radius 3 is 2.40 bits per heavy atom. The highest BCUT2D eigenvalue weighted by Gasteiger charge is 2.75. The van der Waals surface area contributed by atoms with Gasteiger partial charge in [0.15, 0.2) is 0 Å². The van der Waals surface area contributed by atoms with E-state index in [1.165, 1.54) is 6.42 Å². The number of amides is 1. The van der Waals surface area contributed by atoms with E-state index in [4.69, 9.17) is 9.47 Å². The Morgan fingerprint density at radius 1 is 1.03 bits per heavy atom. The van der Waals surface area contributed by atoms with E-state index in [0.717, 1.165) is 38.5 Å². The molecule has 1 amide bonds. The summed E-state index contributed by atoms with van der Waals surface area (Å²) in [5, 5.41) is 25.5. The third kappa shape index (κ3) is 3.34. The van der Waals surface area contributed by atoms with Gasteiger partial charge in [-0.3, -0.25) is 0 Å². The second-order valence-corrected chi connectivity index (χ2v) is 14.2. The molecule has 4 saturated carbocycles. The van der Waals surface area contributed by atoms with Crippen molar-refractivity contribution in [2.24, 2.45) is 51.2 Å². The summed E-state index contributed by atoms with van der Waals surface area (Å²) in [7, 11) is 1.57. The van der Waals surface area contributed by atoms with Crippen LogP contribution in [0.3, 0.4) is 0 Å². The smallest absolute Gasteiger partial charge is 0.406 e. The van der Waals surface area contributed by atoms with E-state index in [9.17, 15) is 15.0 Å². The summed E-state index contributed by atoms with van der Waals surface area (Å²) >= 11 is 0. The lowest BCUT2D eigenvalue weighted by Gasteiger charge is -2.68. The van der Waals surface area contributed by atoms with Crippen LogP contribution in [0.5, 0.6) is 0 Å². The normalized spacial score (nSPS) is 54.6. The summed E-state index contributed by atoms with van der Waals surface area (Å²) in [4.78, 5) is 11.7. The van der Waals surface area contributed by atoms with Crippen molar-refractivity contribution in [2.75, 3.05) is 13.7 Å². The van der Waals surface area contributed by atoms with E-state index >= 15 is 0 Å². The molecule has 5 rings (SSSR count). The van der Waals surface area contributed by atoms with Crippen LogP contribution in [0.2, 0.25) is 0 Å². The van der Waals surface area contributed by atoms with Gasteiger partial charge in [-0.1, -0.05) is 41.5 Å². The van der Waals surface area contributed by atoms with Crippen LogP contribution in [0.1, 0.15) is 86.5 Å². The molecule has 5 fully saturated rings. The lowest BCUT2D eigenvalue weighted by Crippen LogP contribution is -2.63. The molecule has 0 spiro atoms. The van der Waals surface area contributed by atoms with Gasteiger partial charge in [-0.15, -0.1) is 0 Å². The molecule has 0 aromatic heterocycles. The van der Waals surface area contributed by atoms with Crippen molar-refractivity contribution in [1.29, 1.82) is 0 Å². The first-order valence-electron chi connectivity index (χ1n) is 14.2. The fourth-order valence-corrected chi connectivity index (χ4v) is 10.8. The number of alkyl carbamates (subject to hydrolysis) is 1. The van der Waals surface area contributed by atoms with E-state index in [0.29, 0.717) is 29.6 Å². The molecule has 35 heavy (non-hydrogen) atoms. The van der Waals surface area contributed by atoms with Crippen molar-refractivity contribution >= 4 is 6.09 Å².